The Morgan fingerprint density at radius 3 is 2.21 bits per heavy atom. The molecule has 1 aliphatic rings. The van der Waals surface area contributed by atoms with Crippen molar-refractivity contribution in [1.82, 2.24) is 0 Å². The molecule has 1 fully saturated rings. The van der Waals surface area contributed by atoms with Crippen molar-refractivity contribution in [2.75, 3.05) is 0 Å². The van der Waals surface area contributed by atoms with Crippen molar-refractivity contribution in [3.63, 3.8) is 0 Å². The van der Waals surface area contributed by atoms with Crippen LogP contribution < -0.4 is 4.74 Å². The van der Waals surface area contributed by atoms with Crippen LogP contribution >= 0.6 is 15.9 Å². The first kappa shape index (κ1) is 19.3. The summed E-state index contributed by atoms with van der Waals surface area (Å²) in [5.41, 5.74) is -1.64. The molecule has 0 saturated carbocycles. The van der Waals surface area contributed by atoms with E-state index < -0.39 is 30.2 Å². The summed E-state index contributed by atoms with van der Waals surface area (Å²) in [7, 11) is -1.15. The van der Waals surface area contributed by atoms with E-state index in [0.717, 1.165) is 0 Å². The smallest absolute Gasteiger partial charge is 0.433 e. The van der Waals surface area contributed by atoms with Crippen LogP contribution in [0.2, 0.25) is 0 Å². The normalized spacial score (nSPS) is 20.4. The van der Waals surface area contributed by atoms with E-state index in [2.05, 4.69) is 20.7 Å². The Bertz CT molecular complexity index is 640. The van der Waals surface area contributed by atoms with Crippen molar-refractivity contribution in [3.05, 3.63) is 34.0 Å². The molecule has 1 heterocycles. The van der Waals surface area contributed by atoms with Gasteiger partial charge in [0.2, 0.25) is 0 Å². The van der Waals surface area contributed by atoms with Gasteiger partial charge in [0.05, 0.1) is 11.2 Å². The third kappa shape index (κ3) is 4.55. The topological polar surface area (TPSA) is 27.7 Å². The molecule has 1 saturated heterocycles. The predicted molar refractivity (Wildman–Crippen MR) is 90.6 cm³/mol. The fraction of sp³-hybridized carbons (Fsp3) is 0.500. The second kappa shape index (κ2) is 6.39. The second-order valence-corrected chi connectivity index (χ2v) is 7.66. The number of hydrogen-bond acceptors (Lipinski definition) is 3. The zero-order chi connectivity index (χ0) is 18.3. The first-order valence-electron chi connectivity index (χ1n) is 7.39. The molecule has 132 valence electrons. The van der Waals surface area contributed by atoms with E-state index in [4.69, 9.17) is 9.31 Å². The summed E-state index contributed by atoms with van der Waals surface area (Å²) in [6.45, 7) is 7.89. The van der Waals surface area contributed by atoms with Gasteiger partial charge >= 0.3 is 13.2 Å². The van der Waals surface area contributed by atoms with Gasteiger partial charge in [-0.05, 0) is 57.5 Å². The van der Waals surface area contributed by atoms with Crippen molar-refractivity contribution in [1.29, 1.82) is 0 Å². The molecule has 0 aliphatic carbocycles. The maximum atomic E-state index is 14.5. The molecule has 3 nitrogen and oxygen atoms in total. The van der Waals surface area contributed by atoms with Gasteiger partial charge in [-0.15, -0.1) is 0 Å². The van der Waals surface area contributed by atoms with Crippen molar-refractivity contribution in [2.45, 2.75) is 51.9 Å². The van der Waals surface area contributed by atoms with Crippen LogP contribution in [0.5, 0.6) is 5.75 Å². The molecule has 1 aliphatic heterocycles. The zero-order valence-corrected chi connectivity index (χ0v) is 15.7. The quantitative estimate of drug-likeness (QED) is 0.628. The van der Waals surface area contributed by atoms with Crippen molar-refractivity contribution in [2.24, 2.45) is 0 Å². The van der Waals surface area contributed by atoms with E-state index in [0.29, 0.717) is 17.0 Å². The van der Waals surface area contributed by atoms with Crippen LogP contribution in [0, 0.1) is 0 Å². The van der Waals surface area contributed by atoms with Crippen LogP contribution in [0.3, 0.4) is 0 Å². The van der Waals surface area contributed by atoms with Gasteiger partial charge in [-0.2, -0.15) is 8.78 Å². The summed E-state index contributed by atoms with van der Waals surface area (Å²) < 4.78 is 56.7. The maximum absolute atomic E-state index is 14.5. The minimum atomic E-state index is -3.33. The van der Waals surface area contributed by atoms with Gasteiger partial charge < -0.3 is 14.0 Å². The molecule has 0 amide bonds. The van der Waals surface area contributed by atoms with Crippen LogP contribution in [0.15, 0.2) is 28.4 Å². The SMILES string of the molecule is CC(F)(F)Oc1cc(Br)cc(C=C(F)B2OC(C)(C)C(C)(C)O2)c1. The highest BCUT2D eigenvalue weighted by atomic mass is 79.9. The lowest BCUT2D eigenvalue weighted by atomic mass is 9.87. The second-order valence-electron chi connectivity index (χ2n) is 6.75. The van der Waals surface area contributed by atoms with Gasteiger partial charge in [-0.25, -0.2) is 4.39 Å². The first-order chi connectivity index (χ1) is 10.8. The molecule has 0 bridgehead atoms. The van der Waals surface area contributed by atoms with Crippen molar-refractivity contribution < 1.29 is 27.2 Å². The highest BCUT2D eigenvalue weighted by molar-refractivity contribution is 9.10. The summed E-state index contributed by atoms with van der Waals surface area (Å²) >= 11 is 3.19. The van der Waals surface area contributed by atoms with Crippen LogP contribution in [0.25, 0.3) is 6.08 Å². The molecule has 0 N–H and O–H groups in total. The van der Waals surface area contributed by atoms with E-state index in [1.165, 1.54) is 18.2 Å². The lowest BCUT2D eigenvalue weighted by Gasteiger charge is -2.32. The largest absolute Gasteiger partial charge is 0.525 e. The Morgan fingerprint density at radius 1 is 1.17 bits per heavy atom. The molecule has 0 atom stereocenters. The maximum Gasteiger partial charge on any atom is 0.525 e. The van der Waals surface area contributed by atoms with E-state index in [-0.39, 0.29) is 5.75 Å². The lowest BCUT2D eigenvalue weighted by Crippen LogP contribution is -2.41. The number of rotatable bonds is 4. The molecule has 1 aromatic carbocycles. The number of ether oxygens (including phenoxy) is 1. The van der Waals surface area contributed by atoms with E-state index in [9.17, 15) is 13.2 Å². The Hall–Kier alpha value is -0.985. The highest BCUT2D eigenvalue weighted by Crippen LogP contribution is 2.39. The molecule has 0 unspecified atom stereocenters. The standard InChI is InChI=1S/C16H19BBrF3O3/c1-14(2)15(3,4)24-17(23-14)13(19)8-10-6-11(18)9-12(7-10)22-16(5,20)21/h6-9H,1-5H3. The molecular formula is C16H19BBrF3O3. The molecular weight excluding hydrogens is 388 g/mol. The van der Waals surface area contributed by atoms with E-state index in [1.54, 1.807) is 6.07 Å². The average Bonchev–Trinajstić information content (AvgIpc) is 2.55. The summed E-state index contributed by atoms with van der Waals surface area (Å²) in [4.78, 5) is 0. The van der Waals surface area contributed by atoms with Crippen molar-refractivity contribution in [3.8, 4) is 5.75 Å². The monoisotopic (exact) mass is 406 g/mol. The molecule has 0 spiro atoms. The van der Waals surface area contributed by atoms with Crippen LogP contribution in [0.4, 0.5) is 13.2 Å². The Labute approximate surface area is 148 Å². The molecule has 1 aromatic rings. The molecule has 8 heteroatoms. The van der Waals surface area contributed by atoms with Crippen LogP contribution in [-0.4, -0.2) is 24.4 Å². The minimum Gasteiger partial charge on any atom is -0.433 e. The van der Waals surface area contributed by atoms with Gasteiger partial charge in [0.25, 0.3) is 0 Å². The summed E-state index contributed by atoms with van der Waals surface area (Å²) in [6.07, 6.45) is -2.15. The first-order valence-corrected chi connectivity index (χ1v) is 8.18. The summed E-state index contributed by atoms with van der Waals surface area (Å²) in [5.74, 6) is -0.0788. The summed E-state index contributed by atoms with van der Waals surface area (Å²) in [6, 6.07) is 4.26. The highest BCUT2D eigenvalue weighted by Gasteiger charge is 2.53. The third-order valence-corrected chi connectivity index (χ3v) is 4.43. The van der Waals surface area contributed by atoms with Gasteiger partial charge in [0.15, 0.2) is 0 Å². The Balaban J connectivity index is 2.25. The van der Waals surface area contributed by atoms with Crippen molar-refractivity contribution >= 4 is 29.1 Å². The van der Waals surface area contributed by atoms with E-state index in [1.807, 2.05) is 27.7 Å². The van der Waals surface area contributed by atoms with E-state index >= 15 is 0 Å². The number of halogens is 4. The number of hydrogen-bond donors (Lipinski definition) is 0. The fourth-order valence-corrected chi connectivity index (χ4v) is 2.61. The van der Waals surface area contributed by atoms with Crippen LogP contribution in [-0.2, 0) is 9.31 Å². The van der Waals surface area contributed by atoms with Gasteiger partial charge in [-0.1, -0.05) is 15.9 Å². The molecule has 2 rings (SSSR count). The molecule has 24 heavy (non-hydrogen) atoms. The minimum absolute atomic E-state index is 0.0788. The van der Waals surface area contributed by atoms with Gasteiger partial charge in [-0.3, -0.25) is 0 Å². The van der Waals surface area contributed by atoms with Gasteiger partial charge in [0, 0.05) is 11.4 Å². The third-order valence-electron chi connectivity index (χ3n) is 3.97. The molecule has 0 radical (unpaired) electrons. The number of benzene rings is 1. The summed E-state index contributed by atoms with van der Waals surface area (Å²) in [5, 5.41) is 0. The average molecular weight is 407 g/mol. The van der Waals surface area contributed by atoms with Gasteiger partial charge in [0.1, 0.15) is 11.5 Å². The fourth-order valence-electron chi connectivity index (χ4n) is 2.12. The van der Waals surface area contributed by atoms with Crippen LogP contribution in [0.1, 0.15) is 40.2 Å². The Morgan fingerprint density at radius 2 is 1.71 bits per heavy atom. The number of alkyl halides is 2. The lowest BCUT2D eigenvalue weighted by molar-refractivity contribution is -0.158. The predicted octanol–water partition coefficient (Wildman–Crippen LogP) is 5.38. The Kier molecular flexibility index (Phi) is 5.15. The molecule has 0 aromatic heterocycles. The zero-order valence-electron chi connectivity index (χ0n) is 14.1.